The molecule has 0 aliphatic rings. The summed E-state index contributed by atoms with van der Waals surface area (Å²) in [6.45, 7) is 0. The fourth-order valence-electron chi connectivity index (χ4n) is 2.21. The third kappa shape index (κ3) is 1.30. The van der Waals surface area contributed by atoms with Crippen LogP contribution in [-0.2, 0) is 0 Å². The van der Waals surface area contributed by atoms with Gasteiger partial charge in [-0.3, -0.25) is 4.40 Å². The van der Waals surface area contributed by atoms with Crippen LogP contribution in [0.3, 0.4) is 0 Å². The molecule has 3 heterocycles. The topological polar surface area (TPSA) is 46.0 Å². The molecule has 6 heteroatoms. The highest BCUT2D eigenvalue weighted by molar-refractivity contribution is 9.11. The van der Waals surface area contributed by atoms with Gasteiger partial charge in [-0.2, -0.15) is 0 Å². The van der Waals surface area contributed by atoms with E-state index < -0.39 is 0 Å². The number of hydrogen-bond donors (Lipinski definition) is 1. The summed E-state index contributed by atoms with van der Waals surface area (Å²) in [5, 5.41) is 1.11. The van der Waals surface area contributed by atoms with Crippen molar-refractivity contribution in [2.45, 2.75) is 0 Å². The minimum atomic E-state index is 0.670. The Kier molecular flexibility index (Phi) is 2.07. The van der Waals surface area contributed by atoms with Gasteiger partial charge < -0.3 is 4.98 Å². The Bertz CT molecular complexity index is 907. The summed E-state index contributed by atoms with van der Waals surface area (Å²) in [6, 6.07) is 10.0. The maximum atomic E-state index is 4.59. The molecule has 1 aromatic carbocycles. The summed E-state index contributed by atoms with van der Waals surface area (Å²) in [5.74, 6) is 0.670. The maximum Gasteiger partial charge on any atom is 0.238 e. The average molecular weight is 366 g/mol. The quantitative estimate of drug-likeness (QED) is 0.480. The zero-order chi connectivity index (χ0) is 12.3. The van der Waals surface area contributed by atoms with E-state index in [1.54, 1.807) is 0 Å². The third-order valence-electron chi connectivity index (χ3n) is 2.95. The Balaban J connectivity index is 2.31. The van der Waals surface area contributed by atoms with Crippen LogP contribution >= 0.6 is 31.9 Å². The second-order valence-electron chi connectivity index (χ2n) is 4.02. The summed E-state index contributed by atoms with van der Waals surface area (Å²) in [4.78, 5) is 12.3. The molecule has 88 valence electrons. The number of aromatic nitrogens is 4. The van der Waals surface area contributed by atoms with E-state index >= 15 is 0 Å². The van der Waals surface area contributed by atoms with Crippen molar-refractivity contribution in [3.63, 3.8) is 0 Å². The number of halogens is 2. The molecule has 0 fully saturated rings. The number of aromatic amines is 1. The molecular weight excluding hydrogens is 360 g/mol. The Morgan fingerprint density at radius 1 is 1.11 bits per heavy atom. The first kappa shape index (κ1) is 10.5. The number of para-hydroxylation sites is 1. The fraction of sp³-hybridized carbons (Fsp3) is 0. The number of nitrogens with one attached hydrogen (secondary N) is 1. The van der Waals surface area contributed by atoms with E-state index in [0.717, 1.165) is 31.3 Å². The number of H-pyrrole nitrogens is 1. The van der Waals surface area contributed by atoms with Crippen LogP contribution in [0.5, 0.6) is 0 Å². The van der Waals surface area contributed by atoms with Crippen molar-refractivity contribution in [2.24, 2.45) is 0 Å². The molecule has 4 aromatic rings. The average Bonchev–Trinajstić information content (AvgIpc) is 2.83. The van der Waals surface area contributed by atoms with Crippen LogP contribution < -0.4 is 0 Å². The van der Waals surface area contributed by atoms with Crippen molar-refractivity contribution >= 4 is 59.7 Å². The molecule has 0 unspecified atom stereocenters. The van der Waals surface area contributed by atoms with Gasteiger partial charge in [-0.25, -0.2) is 9.97 Å². The standard InChI is InChI=1S/C12H6Br2N4/c13-8-5-9(14)18-11-10(17-12(18)16-8)6-3-1-2-4-7(6)15-11/h1-5,15H. The molecule has 4 nitrogen and oxygen atoms in total. The maximum absolute atomic E-state index is 4.59. The van der Waals surface area contributed by atoms with Crippen LogP contribution in [-0.4, -0.2) is 19.4 Å². The summed E-state index contributed by atoms with van der Waals surface area (Å²) < 4.78 is 3.63. The first-order valence-electron chi connectivity index (χ1n) is 5.35. The van der Waals surface area contributed by atoms with E-state index in [1.807, 2.05) is 28.7 Å². The number of imidazole rings is 1. The van der Waals surface area contributed by atoms with E-state index in [-0.39, 0.29) is 0 Å². The lowest BCUT2D eigenvalue weighted by Crippen LogP contribution is -1.92. The van der Waals surface area contributed by atoms with Crippen LogP contribution in [0, 0.1) is 0 Å². The highest BCUT2D eigenvalue weighted by atomic mass is 79.9. The van der Waals surface area contributed by atoms with Crippen molar-refractivity contribution < 1.29 is 0 Å². The summed E-state index contributed by atoms with van der Waals surface area (Å²) in [6.07, 6.45) is 0. The minimum absolute atomic E-state index is 0.670. The largest absolute Gasteiger partial charge is 0.339 e. The molecule has 0 bridgehead atoms. The lowest BCUT2D eigenvalue weighted by Gasteiger charge is -1.98. The van der Waals surface area contributed by atoms with E-state index in [1.165, 1.54) is 0 Å². The van der Waals surface area contributed by atoms with Gasteiger partial charge in [-0.15, -0.1) is 0 Å². The molecule has 0 amide bonds. The van der Waals surface area contributed by atoms with Crippen molar-refractivity contribution in [3.05, 3.63) is 39.5 Å². The van der Waals surface area contributed by atoms with E-state index in [0.29, 0.717) is 5.78 Å². The number of benzene rings is 1. The highest BCUT2D eigenvalue weighted by Gasteiger charge is 2.14. The first-order chi connectivity index (χ1) is 8.74. The Morgan fingerprint density at radius 2 is 1.94 bits per heavy atom. The second kappa shape index (κ2) is 3.55. The van der Waals surface area contributed by atoms with Crippen LogP contribution in [0.1, 0.15) is 0 Å². The van der Waals surface area contributed by atoms with E-state index in [2.05, 4.69) is 52.9 Å². The predicted molar refractivity (Wildman–Crippen MR) is 77.7 cm³/mol. The number of fused-ring (bicyclic) bond motifs is 5. The summed E-state index contributed by atoms with van der Waals surface area (Å²) in [7, 11) is 0. The van der Waals surface area contributed by atoms with Crippen molar-refractivity contribution in [1.82, 2.24) is 19.4 Å². The van der Waals surface area contributed by atoms with Gasteiger partial charge in [-0.05, 0) is 37.9 Å². The molecule has 0 aliphatic carbocycles. The van der Waals surface area contributed by atoms with Crippen molar-refractivity contribution in [3.8, 4) is 0 Å². The molecule has 0 radical (unpaired) electrons. The SMILES string of the molecule is Brc1cc(Br)n2c(n1)nc1c3ccccc3[nH]c12. The smallest absolute Gasteiger partial charge is 0.238 e. The number of nitrogens with zero attached hydrogens (tertiary/aromatic N) is 3. The van der Waals surface area contributed by atoms with E-state index in [9.17, 15) is 0 Å². The van der Waals surface area contributed by atoms with Gasteiger partial charge in [0.1, 0.15) is 15.8 Å². The number of hydrogen-bond acceptors (Lipinski definition) is 2. The van der Waals surface area contributed by atoms with Crippen LogP contribution in [0.4, 0.5) is 0 Å². The molecule has 3 aromatic heterocycles. The second-order valence-corrected chi connectivity index (χ2v) is 5.64. The molecule has 4 rings (SSSR count). The van der Waals surface area contributed by atoms with Crippen LogP contribution in [0.2, 0.25) is 0 Å². The van der Waals surface area contributed by atoms with Crippen molar-refractivity contribution in [1.29, 1.82) is 0 Å². The zero-order valence-electron chi connectivity index (χ0n) is 8.98. The Hall–Kier alpha value is -1.40. The monoisotopic (exact) mass is 364 g/mol. The highest BCUT2D eigenvalue weighted by Crippen LogP contribution is 2.28. The van der Waals surface area contributed by atoms with Crippen LogP contribution in [0.25, 0.3) is 27.8 Å². The molecule has 0 saturated carbocycles. The van der Waals surface area contributed by atoms with Gasteiger partial charge in [0.25, 0.3) is 0 Å². The van der Waals surface area contributed by atoms with Gasteiger partial charge >= 0.3 is 0 Å². The predicted octanol–water partition coefficient (Wildman–Crippen LogP) is 3.89. The van der Waals surface area contributed by atoms with Crippen molar-refractivity contribution in [2.75, 3.05) is 0 Å². The molecule has 0 aliphatic heterocycles. The molecule has 1 N–H and O–H groups in total. The Morgan fingerprint density at radius 3 is 2.83 bits per heavy atom. The third-order valence-corrected chi connectivity index (χ3v) is 3.94. The number of rotatable bonds is 0. The first-order valence-corrected chi connectivity index (χ1v) is 6.93. The summed E-state index contributed by atoms with van der Waals surface area (Å²) in [5.41, 5.74) is 2.98. The molecule has 18 heavy (non-hydrogen) atoms. The normalized spacial score (nSPS) is 11.9. The van der Waals surface area contributed by atoms with Gasteiger partial charge in [-0.1, -0.05) is 18.2 Å². The van der Waals surface area contributed by atoms with Crippen LogP contribution in [0.15, 0.2) is 39.5 Å². The van der Waals surface area contributed by atoms with Gasteiger partial charge in [0.2, 0.25) is 5.78 Å². The fourth-order valence-corrected chi connectivity index (χ4v) is 3.44. The Labute approximate surface area is 118 Å². The zero-order valence-corrected chi connectivity index (χ0v) is 12.2. The van der Waals surface area contributed by atoms with Gasteiger partial charge in [0, 0.05) is 17.0 Å². The lowest BCUT2D eigenvalue weighted by molar-refractivity contribution is 1.07. The lowest BCUT2D eigenvalue weighted by atomic mass is 10.2. The minimum Gasteiger partial charge on any atom is -0.339 e. The molecule has 0 spiro atoms. The molecule has 0 saturated heterocycles. The molecule has 0 atom stereocenters. The van der Waals surface area contributed by atoms with Gasteiger partial charge in [0.05, 0.1) is 4.60 Å². The summed E-state index contributed by atoms with van der Waals surface area (Å²) >= 11 is 6.91. The van der Waals surface area contributed by atoms with Gasteiger partial charge in [0.15, 0.2) is 0 Å². The molecular formula is C12H6Br2N4. The van der Waals surface area contributed by atoms with E-state index in [4.69, 9.17) is 0 Å².